The lowest BCUT2D eigenvalue weighted by Gasteiger charge is -1.98. The second-order valence-electron chi connectivity index (χ2n) is 2.83. The molecule has 3 nitrogen and oxygen atoms in total. The molecule has 0 bridgehead atoms. The zero-order chi connectivity index (χ0) is 11.3. The van der Waals surface area contributed by atoms with Crippen molar-refractivity contribution in [3.63, 3.8) is 0 Å². The third-order valence-electron chi connectivity index (χ3n) is 1.60. The Kier molecular flexibility index (Phi) is 4.37. The Morgan fingerprint density at radius 2 is 2.27 bits per heavy atom. The molecule has 0 heterocycles. The number of carbonyl (C=O) groups excluding carboxylic acids is 1. The summed E-state index contributed by atoms with van der Waals surface area (Å²) in [6.07, 6.45) is 2.91. The van der Waals surface area contributed by atoms with Crippen LogP contribution in [0, 0.1) is 0 Å². The van der Waals surface area contributed by atoms with Gasteiger partial charge in [0.25, 0.3) is 0 Å². The van der Waals surface area contributed by atoms with Gasteiger partial charge in [-0.2, -0.15) is 0 Å². The van der Waals surface area contributed by atoms with Crippen LogP contribution in [0.25, 0.3) is 6.08 Å². The largest absolute Gasteiger partial charge is 0.508 e. The molecule has 0 saturated heterocycles. The number of aromatic hydroxyl groups is 1. The van der Waals surface area contributed by atoms with Gasteiger partial charge < -0.3 is 9.84 Å². The Morgan fingerprint density at radius 1 is 1.53 bits per heavy atom. The van der Waals surface area contributed by atoms with Crippen LogP contribution >= 0.6 is 15.9 Å². The minimum Gasteiger partial charge on any atom is -0.508 e. The molecule has 0 unspecified atom stereocenters. The van der Waals surface area contributed by atoms with Crippen molar-refractivity contribution in [2.24, 2.45) is 0 Å². The van der Waals surface area contributed by atoms with Crippen LogP contribution in [-0.2, 0) is 9.53 Å². The van der Waals surface area contributed by atoms with Gasteiger partial charge in [0.1, 0.15) is 5.75 Å². The second kappa shape index (κ2) is 5.56. The molecule has 0 aliphatic heterocycles. The highest BCUT2D eigenvalue weighted by Gasteiger charge is 1.97. The Labute approximate surface area is 96.5 Å². The maximum absolute atomic E-state index is 11.0. The van der Waals surface area contributed by atoms with Crippen molar-refractivity contribution in [2.75, 3.05) is 6.61 Å². The molecule has 0 radical (unpaired) electrons. The van der Waals surface area contributed by atoms with Crippen LogP contribution in [0.2, 0.25) is 0 Å². The summed E-state index contributed by atoms with van der Waals surface area (Å²) in [7, 11) is 0. The van der Waals surface area contributed by atoms with Gasteiger partial charge in [0.05, 0.1) is 6.61 Å². The number of benzene rings is 1. The smallest absolute Gasteiger partial charge is 0.330 e. The molecule has 0 amide bonds. The monoisotopic (exact) mass is 270 g/mol. The molecule has 1 aromatic rings. The highest BCUT2D eigenvalue weighted by molar-refractivity contribution is 9.10. The van der Waals surface area contributed by atoms with Gasteiger partial charge in [-0.3, -0.25) is 0 Å². The summed E-state index contributed by atoms with van der Waals surface area (Å²) < 4.78 is 5.48. The van der Waals surface area contributed by atoms with Crippen molar-refractivity contribution in [3.05, 3.63) is 34.3 Å². The molecule has 0 aliphatic carbocycles. The van der Waals surface area contributed by atoms with E-state index in [0.717, 1.165) is 10.0 Å². The van der Waals surface area contributed by atoms with Crippen LogP contribution in [0.3, 0.4) is 0 Å². The first-order chi connectivity index (χ1) is 7.11. The Balaban J connectivity index is 2.76. The molecule has 80 valence electrons. The average molecular weight is 271 g/mol. The fraction of sp³-hybridized carbons (Fsp3) is 0.182. The van der Waals surface area contributed by atoms with Gasteiger partial charge in [0.2, 0.25) is 0 Å². The molecule has 0 atom stereocenters. The summed E-state index contributed by atoms with van der Waals surface area (Å²) in [5.74, 6) is -0.246. The Hall–Kier alpha value is -1.29. The number of phenolic OH excluding ortho intramolecular Hbond substituents is 1. The van der Waals surface area contributed by atoms with Crippen molar-refractivity contribution >= 4 is 28.0 Å². The Morgan fingerprint density at radius 3 is 2.87 bits per heavy atom. The molecule has 15 heavy (non-hydrogen) atoms. The van der Waals surface area contributed by atoms with Crippen molar-refractivity contribution in [3.8, 4) is 5.75 Å². The number of esters is 1. The molecule has 1 aromatic carbocycles. The number of halogens is 1. The van der Waals surface area contributed by atoms with Gasteiger partial charge >= 0.3 is 5.97 Å². The van der Waals surface area contributed by atoms with E-state index in [1.54, 1.807) is 31.2 Å². The molecule has 4 heteroatoms. The summed E-state index contributed by atoms with van der Waals surface area (Å²) in [4.78, 5) is 11.0. The lowest BCUT2D eigenvalue weighted by molar-refractivity contribution is -0.137. The molecule has 0 saturated carbocycles. The van der Waals surface area contributed by atoms with Crippen LogP contribution in [0.5, 0.6) is 5.75 Å². The normalized spacial score (nSPS) is 10.5. The molecule has 0 fully saturated rings. The van der Waals surface area contributed by atoms with Gasteiger partial charge in [-0.25, -0.2) is 4.79 Å². The number of phenols is 1. The third-order valence-corrected chi connectivity index (χ3v) is 2.06. The lowest BCUT2D eigenvalue weighted by atomic mass is 10.2. The lowest BCUT2D eigenvalue weighted by Crippen LogP contribution is -1.98. The zero-order valence-corrected chi connectivity index (χ0v) is 9.82. The highest BCUT2D eigenvalue weighted by Crippen LogP contribution is 2.20. The predicted octanol–water partition coefficient (Wildman–Crippen LogP) is 2.73. The topological polar surface area (TPSA) is 46.5 Å². The van der Waals surface area contributed by atoms with E-state index in [2.05, 4.69) is 15.9 Å². The maximum atomic E-state index is 11.0. The summed E-state index contributed by atoms with van der Waals surface area (Å²) in [6.45, 7) is 2.10. The first-order valence-electron chi connectivity index (χ1n) is 4.46. The average Bonchev–Trinajstić information content (AvgIpc) is 2.14. The first kappa shape index (κ1) is 11.8. The van der Waals surface area contributed by atoms with Crippen molar-refractivity contribution < 1.29 is 14.6 Å². The fourth-order valence-corrected chi connectivity index (χ4v) is 1.55. The Bertz CT molecular complexity index is 365. The van der Waals surface area contributed by atoms with Crippen molar-refractivity contribution in [2.45, 2.75) is 6.92 Å². The first-order valence-corrected chi connectivity index (χ1v) is 5.25. The van der Waals surface area contributed by atoms with Gasteiger partial charge in [-0.1, -0.05) is 15.9 Å². The molecule has 0 aliphatic rings. The number of carbonyl (C=O) groups is 1. The van der Waals surface area contributed by atoms with Crippen molar-refractivity contribution in [1.82, 2.24) is 0 Å². The van der Waals surface area contributed by atoms with Crippen LogP contribution in [0.1, 0.15) is 12.5 Å². The molecule has 1 rings (SSSR count). The zero-order valence-electron chi connectivity index (χ0n) is 8.24. The van der Waals surface area contributed by atoms with Gasteiger partial charge in [-0.15, -0.1) is 0 Å². The standard InChI is InChI=1S/C11H11BrO3/c1-2-15-11(14)4-3-8-5-9(12)7-10(13)6-8/h3-7,13H,2H2,1H3/b4-3+. The van der Waals surface area contributed by atoms with Crippen LogP contribution < -0.4 is 0 Å². The minimum absolute atomic E-state index is 0.146. The van der Waals surface area contributed by atoms with Crippen LogP contribution in [-0.4, -0.2) is 17.7 Å². The highest BCUT2D eigenvalue weighted by atomic mass is 79.9. The number of hydrogen-bond donors (Lipinski definition) is 1. The van der Waals surface area contributed by atoms with Gasteiger partial charge in [-0.05, 0) is 36.8 Å². The van der Waals surface area contributed by atoms with E-state index in [0.29, 0.717) is 6.61 Å². The second-order valence-corrected chi connectivity index (χ2v) is 3.74. The fourth-order valence-electron chi connectivity index (χ4n) is 1.05. The van der Waals surface area contributed by atoms with Crippen molar-refractivity contribution in [1.29, 1.82) is 0 Å². The molecular formula is C11H11BrO3. The van der Waals surface area contributed by atoms with Crippen LogP contribution in [0.4, 0.5) is 0 Å². The number of hydrogen-bond acceptors (Lipinski definition) is 3. The molecule has 0 aromatic heterocycles. The van der Waals surface area contributed by atoms with Gasteiger partial charge in [0, 0.05) is 10.5 Å². The van der Waals surface area contributed by atoms with E-state index in [4.69, 9.17) is 4.74 Å². The summed E-state index contributed by atoms with van der Waals surface area (Å²) in [5.41, 5.74) is 0.731. The van der Waals surface area contributed by atoms with Gasteiger partial charge in [0.15, 0.2) is 0 Å². The summed E-state index contributed by atoms with van der Waals surface area (Å²) in [6, 6.07) is 4.91. The molecule has 0 spiro atoms. The summed E-state index contributed by atoms with van der Waals surface area (Å²) >= 11 is 3.24. The number of rotatable bonds is 3. The van der Waals surface area contributed by atoms with E-state index in [-0.39, 0.29) is 5.75 Å². The van der Waals surface area contributed by atoms with Crippen LogP contribution in [0.15, 0.2) is 28.7 Å². The SMILES string of the molecule is CCOC(=O)/C=C/c1cc(O)cc(Br)c1. The van der Waals surface area contributed by atoms with E-state index in [9.17, 15) is 9.90 Å². The molecule has 1 N–H and O–H groups in total. The minimum atomic E-state index is -0.392. The van der Waals surface area contributed by atoms with E-state index in [1.807, 2.05) is 0 Å². The quantitative estimate of drug-likeness (QED) is 0.679. The summed E-state index contributed by atoms with van der Waals surface area (Å²) in [5, 5.41) is 9.28. The van der Waals surface area contributed by atoms with E-state index in [1.165, 1.54) is 6.08 Å². The number of ether oxygens (including phenoxy) is 1. The third kappa shape index (κ3) is 4.16. The predicted molar refractivity (Wildman–Crippen MR) is 61.5 cm³/mol. The van der Waals surface area contributed by atoms with E-state index < -0.39 is 5.97 Å². The van der Waals surface area contributed by atoms with E-state index >= 15 is 0 Å². The molecular weight excluding hydrogens is 260 g/mol. The maximum Gasteiger partial charge on any atom is 0.330 e.